The van der Waals surface area contributed by atoms with E-state index in [9.17, 15) is 0 Å². The maximum Gasteiger partial charge on any atom is 0.0921 e. The summed E-state index contributed by atoms with van der Waals surface area (Å²) < 4.78 is 9.46. The lowest BCUT2D eigenvalue weighted by Crippen LogP contribution is -2.22. The molecule has 0 radical (unpaired) electrons. The normalized spacial score (nSPS) is 26.9. The van der Waals surface area contributed by atoms with Crippen LogP contribution in [0.25, 0.3) is 0 Å². The van der Waals surface area contributed by atoms with E-state index in [1.807, 2.05) is 0 Å². The van der Waals surface area contributed by atoms with E-state index in [4.69, 9.17) is 4.74 Å². The van der Waals surface area contributed by atoms with Crippen molar-refractivity contribution in [2.24, 2.45) is 0 Å². The van der Waals surface area contributed by atoms with E-state index in [0.717, 1.165) is 19.1 Å². The molecule has 15 heavy (non-hydrogen) atoms. The number of thiophene rings is 1. The summed E-state index contributed by atoms with van der Waals surface area (Å²) in [4.78, 5) is 1.34. The van der Waals surface area contributed by atoms with Gasteiger partial charge < -0.3 is 4.74 Å². The Kier molecular flexibility index (Phi) is 4.95. The minimum absolute atomic E-state index is 0.311. The Morgan fingerprint density at radius 3 is 2.87 bits per heavy atom. The van der Waals surface area contributed by atoms with E-state index in [1.165, 1.54) is 17.7 Å². The summed E-state index contributed by atoms with van der Waals surface area (Å²) in [6.07, 6.45) is 4.42. The predicted octanol–water partition coefficient (Wildman–Crippen LogP) is 5.32. The van der Waals surface area contributed by atoms with Gasteiger partial charge in [-0.25, -0.2) is 0 Å². The van der Waals surface area contributed by atoms with Crippen LogP contribution in [-0.2, 0) is 4.74 Å². The summed E-state index contributed by atoms with van der Waals surface area (Å²) in [7, 11) is 0. The summed E-state index contributed by atoms with van der Waals surface area (Å²) in [5.74, 6) is 0. The zero-order chi connectivity index (χ0) is 10.8. The molecular weight excluding hydrogens is 455 g/mol. The van der Waals surface area contributed by atoms with Gasteiger partial charge in [0.25, 0.3) is 0 Å². The summed E-state index contributed by atoms with van der Waals surface area (Å²) in [6, 6.07) is 2.18. The molecule has 2 atom stereocenters. The third kappa shape index (κ3) is 3.18. The van der Waals surface area contributed by atoms with Crippen LogP contribution in [0.15, 0.2) is 14.3 Å². The average molecular weight is 466 g/mol. The molecule has 5 heteroatoms. The lowest BCUT2D eigenvalue weighted by Gasteiger charge is -2.28. The Hall–Kier alpha value is 1.35. The van der Waals surface area contributed by atoms with Gasteiger partial charge in [0.05, 0.1) is 16.0 Å². The van der Waals surface area contributed by atoms with Crippen LogP contribution in [0.2, 0.25) is 0 Å². The fraction of sp³-hybridized carbons (Fsp3) is 0.600. The molecule has 0 aliphatic carbocycles. The van der Waals surface area contributed by atoms with Crippen LogP contribution in [0.4, 0.5) is 0 Å². The molecule has 0 bridgehead atoms. The van der Waals surface area contributed by atoms with Gasteiger partial charge in [0.15, 0.2) is 0 Å². The molecule has 1 aliphatic rings. The molecule has 1 nitrogen and oxygen atoms in total. The van der Waals surface area contributed by atoms with Gasteiger partial charge in [0.2, 0.25) is 0 Å². The molecule has 1 aromatic rings. The van der Waals surface area contributed by atoms with Gasteiger partial charge in [-0.2, -0.15) is 0 Å². The monoisotopic (exact) mass is 464 g/mol. The number of alkyl halides is 1. The first kappa shape index (κ1) is 12.8. The highest BCUT2D eigenvalue weighted by Gasteiger charge is 2.24. The van der Waals surface area contributed by atoms with Crippen LogP contribution >= 0.6 is 65.8 Å². The second-order valence-corrected chi connectivity index (χ2v) is 7.74. The van der Waals surface area contributed by atoms with E-state index in [1.54, 1.807) is 11.3 Å². The second kappa shape index (κ2) is 5.80. The number of rotatable bonds is 2. The van der Waals surface area contributed by atoms with Crippen molar-refractivity contribution >= 4 is 65.8 Å². The molecule has 0 aromatic carbocycles. The van der Waals surface area contributed by atoms with Gasteiger partial charge in [0, 0.05) is 13.8 Å². The molecule has 0 amide bonds. The Morgan fingerprint density at radius 2 is 2.27 bits per heavy atom. The van der Waals surface area contributed by atoms with Crippen molar-refractivity contribution in [3.8, 4) is 0 Å². The maximum atomic E-state index is 6.05. The van der Waals surface area contributed by atoms with Gasteiger partial charge in [-0.15, -0.1) is 11.3 Å². The van der Waals surface area contributed by atoms with Gasteiger partial charge >= 0.3 is 0 Å². The third-order valence-electron chi connectivity index (χ3n) is 2.50. The van der Waals surface area contributed by atoms with Crippen molar-refractivity contribution in [3.63, 3.8) is 0 Å². The third-order valence-corrected chi connectivity index (χ3v) is 6.83. The number of hydrogen-bond donors (Lipinski definition) is 0. The van der Waals surface area contributed by atoms with E-state index in [2.05, 4.69) is 60.5 Å². The van der Waals surface area contributed by atoms with Crippen molar-refractivity contribution in [1.82, 2.24) is 0 Å². The van der Waals surface area contributed by atoms with Gasteiger partial charge in [-0.3, -0.25) is 0 Å². The van der Waals surface area contributed by atoms with Crippen molar-refractivity contribution in [1.29, 1.82) is 0 Å². The molecule has 1 aliphatic heterocycles. The van der Waals surface area contributed by atoms with Gasteiger partial charge in [0.1, 0.15) is 0 Å². The summed E-state index contributed by atoms with van der Waals surface area (Å²) in [5, 5.41) is 0. The van der Waals surface area contributed by atoms with Crippen LogP contribution in [-0.4, -0.2) is 10.5 Å². The average Bonchev–Trinajstić information content (AvgIpc) is 2.59. The summed E-state index contributed by atoms with van der Waals surface area (Å²) in [6.45, 7) is 0. The Labute approximate surface area is 124 Å². The fourth-order valence-electron chi connectivity index (χ4n) is 1.74. The topological polar surface area (TPSA) is 9.23 Å². The highest BCUT2D eigenvalue weighted by Crippen LogP contribution is 2.40. The highest BCUT2D eigenvalue weighted by molar-refractivity contribution is 14.1. The molecule has 2 rings (SSSR count). The molecule has 1 saturated heterocycles. The van der Waals surface area contributed by atoms with Crippen LogP contribution in [0.5, 0.6) is 0 Å². The molecule has 2 unspecified atom stereocenters. The number of halogens is 3. The Bertz CT molecular complexity index is 323. The first-order valence-corrected chi connectivity index (χ1v) is 8.79. The molecule has 84 valence electrons. The molecule has 1 aromatic heterocycles. The minimum atomic E-state index is 0.311. The molecular formula is C10H11Br2IOS. The quantitative estimate of drug-likeness (QED) is 0.424. The fourth-order valence-corrected chi connectivity index (χ4v) is 4.55. The van der Waals surface area contributed by atoms with E-state index >= 15 is 0 Å². The largest absolute Gasteiger partial charge is 0.369 e. The smallest absolute Gasteiger partial charge is 0.0921 e. The highest BCUT2D eigenvalue weighted by atomic mass is 127. The maximum absolute atomic E-state index is 6.05. The van der Waals surface area contributed by atoms with E-state index < -0.39 is 0 Å². The van der Waals surface area contributed by atoms with Crippen LogP contribution in [0, 0.1) is 0 Å². The number of ether oxygens (including phenoxy) is 1. The van der Waals surface area contributed by atoms with Crippen LogP contribution in [0.3, 0.4) is 0 Å². The zero-order valence-corrected chi connectivity index (χ0v) is 14.2. The van der Waals surface area contributed by atoms with Crippen molar-refractivity contribution in [2.45, 2.75) is 31.5 Å². The lowest BCUT2D eigenvalue weighted by molar-refractivity contribution is -0.0356. The molecule has 0 spiro atoms. The van der Waals surface area contributed by atoms with Crippen molar-refractivity contribution < 1.29 is 4.74 Å². The Balaban J connectivity index is 2.09. The second-order valence-electron chi connectivity index (χ2n) is 3.60. The van der Waals surface area contributed by atoms with Crippen LogP contribution < -0.4 is 0 Å². The Morgan fingerprint density at radius 1 is 1.47 bits per heavy atom. The summed E-state index contributed by atoms with van der Waals surface area (Å²) >= 11 is 11.2. The van der Waals surface area contributed by atoms with Gasteiger partial charge in [-0.1, -0.05) is 22.6 Å². The van der Waals surface area contributed by atoms with Crippen molar-refractivity contribution in [2.75, 3.05) is 4.43 Å². The number of hydrogen-bond acceptors (Lipinski definition) is 2. The van der Waals surface area contributed by atoms with E-state index in [0.29, 0.717) is 12.2 Å². The zero-order valence-electron chi connectivity index (χ0n) is 8.01. The molecule has 1 fully saturated rings. The molecule has 0 N–H and O–H groups in total. The lowest BCUT2D eigenvalue weighted by atomic mass is 10.0. The standard InChI is InChI=1S/C10H11Br2IOS/c11-7-4-9(15-10(7)12)8-3-1-2-6(5-13)14-8/h4,6,8H,1-3,5H2. The van der Waals surface area contributed by atoms with Crippen molar-refractivity contribution in [3.05, 3.63) is 19.2 Å². The first-order chi connectivity index (χ1) is 7.20. The van der Waals surface area contributed by atoms with E-state index in [-0.39, 0.29) is 0 Å². The minimum Gasteiger partial charge on any atom is -0.369 e. The predicted molar refractivity (Wildman–Crippen MR) is 80.1 cm³/mol. The molecule has 2 heterocycles. The van der Waals surface area contributed by atoms with Gasteiger partial charge in [-0.05, 0) is 57.2 Å². The van der Waals surface area contributed by atoms with Crippen LogP contribution in [0.1, 0.15) is 30.2 Å². The first-order valence-electron chi connectivity index (χ1n) is 4.87. The summed E-state index contributed by atoms with van der Waals surface area (Å²) in [5.41, 5.74) is 0. The molecule has 0 saturated carbocycles. The SMILES string of the molecule is Brc1cc(C2CCCC(CI)O2)sc1Br.